The van der Waals surface area contributed by atoms with E-state index < -0.39 is 9.84 Å². The Kier molecular flexibility index (Phi) is 5.88. The summed E-state index contributed by atoms with van der Waals surface area (Å²) in [7, 11) is -3.31. The van der Waals surface area contributed by atoms with Crippen LogP contribution in [-0.4, -0.2) is 35.5 Å². The van der Waals surface area contributed by atoms with E-state index in [0.29, 0.717) is 29.5 Å². The van der Waals surface area contributed by atoms with Gasteiger partial charge in [-0.1, -0.05) is 6.92 Å². The van der Waals surface area contributed by atoms with Crippen molar-refractivity contribution in [3.05, 3.63) is 60.7 Å². The number of rotatable bonds is 6. The van der Waals surface area contributed by atoms with Crippen LogP contribution in [0.2, 0.25) is 0 Å². The third-order valence-electron chi connectivity index (χ3n) is 4.01. The lowest BCUT2D eigenvalue weighted by Gasteiger charge is -2.20. The minimum Gasteiger partial charge on any atom is -0.439 e. The summed E-state index contributed by atoms with van der Waals surface area (Å²) in [6.07, 6.45) is 4.65. The van der Waals surface area contributed by atoms with Gasteiger partial charge in [0.05, 0.1) is 10.6 Å². The molecule has 2 aromatic heterocycles. The molecule has 0 fully saturated rings. The fraction of sp³-hybridized carbons (Fsp3) is 0.200. The Bertz CT molecular complexity index is 1110. The van der Waals surface area contributed by atoms with Crippen LogP contribution in [0, 0.1) is 0 Å². The molecule has 1 aromatic carbocycles. The second kappa shape index (κ2) is 8.36. The number of aromatic nitrogens is 3. The summed E-state index contributed by atoms with van der Waals surface area (Å²) in [5.41, 5.74) is 0.631. The lowest BCUT2D eigenvalue weighted by atomic mass is 10.2. The molecule has 3 rings (SSSR count). The summed E-state index contributed by atoms with van der Waals surface area (Å²) in [5, 5.41) is 0. The number of benzene rings is 1. The zero-order valence-electron chi connectivity index (χ0n) is 16.2. The van der Waals surface area contributed by atoms with Crippen LogP contribution in [0.25, 0.3) is 0 Å². The molecule has 0 saturated heterocycles. The van der Waals surface area contributed by atoms with Crippen LogP contribution in [0.4, 0.5) is 11.5 Å². The van der Waals surface area contributed by atoms with Gasteiger partial charge in [0, 0.05) is 38.1 Å². The van der Waals surface area contributed by atoms with Gasteiger partial charge in [-0.25, -0.2) is 23.4 Å². The number of hydrogen-bond acceptors (Lipinski definition) is 7. The van der Waals surface area contributed by atoms with Gasteiger partial charge in [-0.3, -0.25) is 9.69 Å². The number of anilines is 2. The number of carbonyl (C=O) groups is 1. The average Bonchev–Trinajstić information content (AvgIpc) is 2.69. The normalized spacial score (nSPS) is 11.1. The molecule has 2 heterocycles. The number of amides is 1. The van der Waals surface area contributed by atoms with E-state index in [1.165, 1.54) is 30.2 Å². The summed E-state index contributed by atoms with van der Waals surface area (Å²) >= 11 is 0. The van der Waals surface area contributed by atoms with Crippen molar-refractivity contribution < 1.29 is 17.9 Å². The second-order valence-electron chi connectivity index (χ2n) is 6.24. The van der Waals surface area contributed by atoms with Crippen molar-refractivity contribution in [2.75, 3.05) is 11.2 Å². The van der Waals surface area contributed by atoms with Crippen molar-refractivity contribution in [1.29, 1.82) is 0 Å². The summed E-state index contributed by atoms with van der Waals surface area (Å²) < 4.78 is 28.6. The molecular weight excluding hydrogens is 392 g/mol. The van der Waals surface area contributed by atoms with E-state index in [4.69, 9.17) is 4.74 Å². The quantitative estimate of drug-likeness (QED) is 0.612. The number of pyridine rings is 1. The van der Waals surface area contributed by atoms with Gasteiger partial charge in [0.2, 0.25) is 11.8 Å². The van der Waals surface area contributed by atoms with Crippen LogP contribution < -0.4 is 9.64 Å². The molecule has 8 nitrogen and oxygen atoms in total. The molecular formula is C20H20N4O4S. The topological polar surface area (TPSA) is 102 Å². The van der Waals surface area contributed by atoms with Crippen LogP contribution in [0.5, 0.6) is 11.6 Å². The molecule has 150 valence electrons. The summed E-state index contributed by atoms with van der Waals surface area (Å²) in [6.45, 7) is 3.41. The highest BCUT2D eigenvalue weighted by atomic mass is 32.2. The highest BCUT2D eigenvalue weighted by molar-refractivity contribution is 7.90. The summed E-state index contributed by atoms with van der Waals surface area (Å²) in [6, 6.07) is 11.4. The van der Waals surface area contributed by atoms with E-state index in [-0.39, 0.29) is 16.7 Å². The van der Waals surface area contributed by atoms with Gasteiger partial charge in [-0.15, -0.1) is 0 Å². The number of nitrogens with zero attached hydrogens (tertiary/aromatic N) is 4. The van der Waals surface area contributed by atoms with Crippen LogP contribution >= 0.6 is 0 Å². The minimum absolute atomic E-state index is 0.119. The van der Waals surface area contributed by atoms with Gasteiger partial charge in [-0.05, 0) is 36.4 Å². The Labute approximate surface area is 169 Å². The molecule has 0 bridgehead atoms. The smallest absolute Gasteiger partial charge is 0.229 e. The fourth-order valence-electron chi connectivity index (χ4n) is 2.59. The van der Waals surface area contributed by atoms with Gasteiger partial charge in [0.25, 0.3) is 0 Å². The number of hydrogen-bond donors (Lipinski definition) is 0. The Hall–Kier alpha value is -3.33. The van der Waals surface area contributed by atoms with E-state index >= 15 is 0 Å². The largest absolute Gasteiger partial charge is 0.439 e. The van der Waals surface area contributed by atoms with Gasteiger partial charge >= 0.3 is 0 Å². The first-order valence-corrected chi connectivity index (χ1v) is 10.7. The van der Waals surface area contributed by atoms with Gasteiger partial charge in [-0.2, -0.15) is 0 Å². The molecule has 0 N–H and O–H groups in total. The van der Waals surface area contributed by atoms with E-state index in [1.54, 1.807) is 36.5 Å². The molecule has 1 amide bonds. The summed E-state index contributed by atoms with van der Waals surface area (Å²) in [5.74, 6) is 1.72. The molecule has 0 radical (unpaired) electrons. The summed E-state index contributed by atoms with van der Waals surface area (Å²) in [4.78, 5) is 26.4. The second-order valence-corrected chi connectivity index (χ2v) is 8.26. The Morgan fingerprint density at radius 2 is 1.79 bits per heavy atom. The van der Waals surface area contributed by atoms with Crippen LogP contribution in [-0.2, 0) is 21.1 Å². The molecule has 0 aliphatic carbocycles. The van der Waals surface area contributed by atoms with E-state index in [2.05, 4.69) is 15.0 Å². The molecule has 0 aliphatic heterocycles. The standard InChI is InChI=1S/C20H20N4O4S/c1-4-18-21-12-11-19(23-18)24(14(2)25)15-5-7-16(8-6-15)28-20-10-9-17(13-22-20)29(3,26)27/h5-13H,4H2,1-3H3. The van der Waals surface area contributed by atoms with E-state index in [9.17, 15) is 13.2 Å². The third kappa shape index (κ3) is 4.94. The van der Waals surface area contributed by atoms with Crippen LogP contribution in [0.15, 0.2) is 59.8 Å². The van der Waals surface area contributed by atoms with Crippen LogP contribution in [0.1, 0.15) is 19.7 Å². The molecule has 29 heavy (non-hydrogen) atoms. The minimum atomic E-state index is -3.31. The first kappa shape index (κ1) is 20.4. The Morgan fingerprint density at radius 3 is 2.34 bits per heavy atom. The molecule has 0 saturated carbocycles. The maximum absolute atomic E-state index is 12.2. The maximum Gasteiger partial charge on any atom is 0.229 e. The monoisotopic (exact) mass is 412 g/mol. The van der Waals surface area contributed by atoms with E-state index in [1.807, 2.05) is 6.92 Å². The zero-order valence-corrected chi connectivity index (χ0v) is 17.0. The zero-order chi connectivity index (χ0) is 21.0. The number of carbonyl (C=O) groups excluding carboxylic acids is 1. The number of aryl methyl sites for hydroxylation is 1. The van der Waals surface area contributed by atoms with E-state index in [0.717, 1.165) is 6.26 Å². The molecule has 0 aliphatic rings. The van der Waals surface area contributed by atoms with Crippen molar-refractivity contribution in [3.8, 4) is 11.6 Å². The maximum atomic E-state index is 12.2. The number of ether oxygens (including phenoxy) is 1. The molecule has 3 aromatic rings. The SMILES string of the molecule is CCc1nccc(N(C(C)=O)c2ccc(Oc3ccc(S(C)(=O)=O)cn3)cc2)n1. The van der Waals surface area contributed by atoms with Crippen molar-refractivity contribution in [2.45, 2.75) is 25.2 Å². The van der Waals surface area contributed by atoms with Crippen LogP contribution in [0.3, 0.4) is 0 Å². The third-order valence-corrected chi connectivity index (χ3v) is 5.10. The van der Waals surface area contributed by atoms with Gasteiger partial charge in [0.15, 0.2) is 9.84 Å². The molecule has 0 spiro atoms. The van der Waals surface area contributed by atoms with Crippen molar-refractivity contribution in [2.24, 2.45) is 0 Å². The first-order valence-electron chi connectivity index (χ1n) is 8.84. The van der Waals surface area contributed by atoms with Gasteiger partial charge in [0.1, 0.15) is 17.4 Å². The molecule has 0 atom stereocenters. The predicted molar refractivity (Wildman–Crippen MR) is 108 cm³/mol. The molecule has 0 unspecified atom stereocenters. The lowest BCUT2D eigenvalue weighted by Crippen LogP contribution is -2.24. The van der Waals surface area contributed by atoms with Crippen molar-refractivity contribution in [1.82, 2.24) is 15.0 Å². The molecule has 9 heteroatoms. The predicted octanol–water partition coefficient (Wildman–Crippen LogP) is 3.31. The van der Waals surface area contributed by atoms with Crippen molar-refractivity contribution in [3.63, 3.8) is 0 Å². The number of sulfone groups is 1. The fourth-order valence-corrected chi connectivity index (χ4v) is 3.15. The Morgan fingerprint density at radius 1 is 1.07 bits per heavy atom. The lowest BCUT2D eigenvalue weighted by molar-refractivity contribution is -0.115. The average molecular weight is 412 g/mol. The first-order chi connectivity index (χ1) is 13.8. The highest BCUT2D eigenvalue weighted by Gasteiger charge is 2.16. The highest BCUT2D eigenvalue weighted by Crippen LogP contribution is 2.28. The Balaban J connectivity index is 1.81. The van der Waals surface area contributed by atoms with Crippen molar-refractivity contribution >= 4 is 27.2 Å². The van der Waals surface area contributed by atoms with Gasteiger partial charge < -0.3 is 4.74 Å².